The normalized spacial score (nSPS) is 11.3. The van der Waals surface area contributed by atoms with Crippen molar-refractivity contribution in [1.82, 2.24) is 19.5 Å². The van der Waals surface area contributed by atoms with Gasteiger partial charge in [0.05, 0.1) is 11.0 Å². The molecule has 0 fully saturated rings. The number of para-hydroxylation sites is 1. The molecule has 0 amide bonds. The zero-order valence-electron chi connectivity index (χ0n) is 29.9. The van der Waals surface area contributed by atoms with Crippen LogP contribution < -0.4 is 0 Å². The Hall–Kier alpha value is -7.43. The van der Waals surface area contributed by atoms with Crippen molar-refractivity contribution in [2.75, 3.05) is 0 Å². The van der Waals surface area contributed by atoms with E-state index in [2.05, 4.69) is 150 Å². The van der Waals surface area contributed by atoms with E-state index in [1.54, 1.807) is 0 Å². The van der Waals surface area contributed by atoms with Crippen molar-refractivity contribution in [2.45, 2.75) is 0 Å². The molecule has 0 aliphatic rings. The SMILES string of the molecule is c1ccc(-c2ccc(-n3c4ccccc4c4cc(-c5cccc(-c6cccc(-c7nc(-c8ccccc8)nc(-c8ccccc8)n7)c6)c5)ccc43)cc2)cc1. The number of benzene rings is 8. The molecule has 0 bridgehead atoms. The van der Waals surface area contributed by atoms with Crippen LogP contribution in [-0.2, 0) is 0 Å². The van der Waals surface area contributed by atoms with Gasteiger partial charge in [0.2, 0.25) is 0 Å². The summed E-state index contributed by atoms with van der Waals surface area (Å²) in [5.74, 6) is 1.94. The zero-order valence-corrected chi connectivity index (χ0v) is 29.9. The van der Waals surface area contributed by atoms with Crippen molar-refractivity contribution in [3.63, 3.8) is 0 Å². The highest BCUT2D eigenvalue weighted by Gasteiger charge is 2.15. The number of rotatable bonds is 7. The average molecular weight is 703 g/mol. The standard InChI is InChI=1S/C51H34N4/c1-4-14-35(15-5-1)36-26-29-44(30-27-36)55-47-25-11-10-24-45(47)46-34-42(28-31-48(46)55)40-21-12-20-39(32-40)41-22-13-23-43(33-41)51-53-49(37-16-6-2-7-17-37)52-50(54-51)38-18-8-3-9-19-38/h1-34H. The fourth-order valence-corrected chi connectivity index (χ4v) is 7.52. The van der Waals surface area contributed by atoms with Crippen molar-refractivity contribution in [1.29, 1.82) is 0 Å². The number of fused-ring (bicyclic) bond motifs is 3. The van der Waals surface area contributed by atoms with E-state index in [1.165, 1.54) is 38.5 Å². The lowest BCUT2D eigenvalue weighted by molar-refractivity contribution is 1.07. The van der Waals surface area contributed by atoms with Gasteiger partial charge in [-0.05, 0) is 75.8 Å². The highest BCUT2D eigenvalue weighted by atomic mass is 15.0. The van der Waals surface area contributed by atoms with Gasteiger partial charge in [-0.1, -0.05) is 164 Å². The number of nitrogens with zero attached hydrogens (tertiary/aromatic N) is 4. The quantitative estimate of drug-likeness (QED) is 0.166. The minimum atomic E-state index is 0.641. The molecule has 258 valence electrons. The summed E-state index contributed by atoms with van der Waals surface area (Å²) in [5, 5.41) is 2.46. The van der Waals surface area contributed by atoms with Crippen molar-refractivity contribution in [3.8, 4) is 73.2 Å². The summed E-state index contributed by atoms with van der Waals surface area (Å²) >= 11 is 0. The summed E-state index contributed by atoms with van der Waals surface area (Å²) < 4.78 is 2.37. The third-order valence-electron chi connectivity index (χ3n) is 10.3. The minimum absolute atomic E-state index is 0.641. The van der Waals surface area contributed by atoms with Crippen LogP contribution in [0.15, 0.2) is 206 Å². The number of hydrogen-bond acceptors (Lipinski definition) is 3. The lowest BCUT2D eigenvalue weighted by Gasteiger charge is -2.11. The van der Waals surface area contributed by atoms with Crippen molar-refractivity contribution < 1.29 is 0 Å². The van der Waals surface area contributed by atoms with E-state index in [0.717, 1.165) is 39.1 Å². The number of hydrogen-bond donors (Lipinski definition) is 0. The molecule has 10 aromatic rings. The van der Waals surface area contributed by atoms with Gasteiger partial charge >= 0.3 is 0 Å². The van der Waals surface area contributed by atoms with Crippen LogP contribution in [0.2, 0.25) is 0 Å². The van der Waals surface area contributed by atoms with Gasteiger partial charge < -0.3 is 4.57 Å². The Kier molecular flexibility index (Phi) is 8.12. The topological polar surface area (TPSA) is 43.6 Å². The third kappa shape index (κ3) is 6.16. The van der Waals surface area contributed by atoms with Gasteiger partial charge in [-0.25, -0.2) is 15.0 Å². The Balaban J connectivity index is 1.02. The molecule has 0 unspecified atom stereocenters. The van der Waals surface area contributed by atoms with Crippen LogP contribution in [0.1, 0.15) is 0 Å². The van der Waals surface area contributed by atoms with E-state index < -0.39 is 0 Å². The first kappa shape index (κ1) is 32.2. The molecular weight excluding hydrogens is 669 g/mol. The second-order valence-corrected chi connectivity index (χ2v) is 13.7. The van der Waals surface area contributed by atoms with Crippen LogP contribution in [0, 0.1) is 0 Å². The second-order valence-electron chi connectivity index (χ2n) is 13.7. The third-order valence-corrected chi connectivity index (χ3v) is 10.3. The predicted octanol–water partition coefficient (Wildman–Crippen LogP) is 13.0. The number of aromatic nitrogens is 4. The van der Waals surface area contributed by atoms with E-state index in [1.807, 2.05) is 60.7 Å². The van der Waals surface area contributed by atoms with Crippen LogP contribution >= 0.6 is 0 Å². The summed E-state index contributed by atoms with van der Waals surface area (Å²) in [5.41, 5.74) is 13.3. The highest BCUT2D eigenvalue weighted by molar-refractivity contribution is 6.10. The van der Waals surface area contributed by atoms with Crippen molar-refractivity contribution >= 4 is 21.8 Å². The van der Waals surface area contributed by atoms with Crippen LogP contribution in [0.25, 0.3) is 95.0 Å². The largest absolute Gasteiger partial charge is 0.309 e. The van der Waals surface area contributed by atoms with Crippen LogP contribution in [-0.4, -0.2) is 19.5 Å². The Morgan fingerprint density at radius 3 is 1.25 bits per heavy atom. The lowest BCUT2D eigenvalue weighted by Crippen LogP contribution is -2.00. The van der Waals surface area contributed by atoms with Crippen LogP contribution in [0.3, 0.4) is 0 Å². The Morgan fingerprint density at radius 2 is 0.655 bits per heavy atom. The summed E-state index contributed by atoms with van der Waals surface area (Å²) in [6, 6.07) is 72.4. The molecule has 0 radical (unpaired) electrons. The van der Waals surface area contributed by atoms with Crippen LogP contribution in [0.4, 0.5) is 0 Å². The van der Waals surface area contributed by atoms with Crippen molar-refractivity contribution in [3.05, 3.63) is 206 Å². The summed E-state index contributed by atoms with van der Waals surface area (Å²) in [6.45, 7) is 0. The monoisotopic (exact) mass is 702 g/mol. The van der Waals surface area contributed by atoms with Gasteiger partial charge in [-0.2, -0.15) is 0 Å². The second kappa shape index (κ2) is 13.8. The van der Waals surface area contributed by atoms with Crippen LogP contribution in [0.5, 0.6) is 0 Å². The van der Waals surface area contributed by atoms with Gasteiger partial charge in [0.25, 0.3) is 0 Å². The fourth-order valence-electron chi connectivity index (χ4n) is 7.52. The molecule has 0 aliphatic heterocycles. The lowest BCUT2D eigenvalue weighted by atomic mass is 9.97. The maximum Gasteiger partial charge on any atom is 0.164 e. The minimum Gasteiger partial charge on any atom is -0.309 e. The zero-order chi connectivity index (χ0) is 36.6. The first-order chi connectivity index (χ1) is 27.2. The van der Waals surface area contributed by atoms with Gasteiger partial charge in [0.1, 0.15) is 0 Å². The van der Waals surface area contributed by atoms with Gasteiger partial charge in [0, 0.05) is 33.2 Å². The molecule has 10 rings (SSSR count). The Labute approximate surface area is 319 Å². The molecule has 4 nitrogen and oxygen atoms in total. The van der Waals surface area contributed by atoms with E-state index >= 15 is 0 Å². The van der Waals surface area contributed by atoms with E-state index in [9.17, 15) is 0 Å². The Morgan fingerprint density at radius 1 is 0.255 bits per heavy atom. The van der Waals surface area contributed by atoms with Gasteiger partial charge in [-0.15, -0.1) is 0 Å². The molecule has 0 spiro atoms. The molecule has 0 atom stereocenters. The smallest absolute Gasteiger partial charge is 0.164 e. The maximum atomic E-state index is 4.97. The fraction of sp³-hybridized carbons (Fsp3) is 0. The molecule has 0 aliphatic carbocycles. The molecule has 4 heteroatoms. The summed E-state index contributed by atoms with van der Waals surface area (Å²) in [4.78, 5) is 14.8. The molecule has 55 heavy (non-hydrogen) atoms. The molecule has 8 aromatic carbocycles. The van der Waals surface area contributed by atoms with E-state index in [4.69, 9.17) is 15.0 Å². The highest BCUT2D eigenvalue weighted by Crippen LogP contribution is 2.37. The van der Waals surface area contributed by atoms with Gasteiger partial charge in [-0.3, -0.25) is 0 Å². The first-order valence-corrected chi connectivity index (χ1v) is 18.5. The predicted molar refractivity (Wildman–Crippen MR) is 227 cm³/mol. The Bertz CT molecular complexity index is 2890. The summed E-state index contributed by atoms with van der Waals surface area (Å²) in [7, 11) is 0. The first-order valence-electron chi connectivity index (χ1n) is 18.5. The molecule has 2 heterocycles. The molecule has 0 N–H and O–H groups in total. The molecular formula is C51H34N4. The summed E-state index contributed by atoms with van der Waals surface area (Å²) in [6.07, 6.45) is 0. The molecule has 2 aromatic heterocycles. The molecule has 0 saturated heterocycles. The van der Waals surface area contributed by atoms with E-state index in [-0.39, 0.29) is 0 Å². The average Bonchev–Trinajstić information content (AvgIpc) is 3.61. The maximum absolute atomic E-state index is 4.97. The molecule has 0 saturated carbocycles. The van der Waals surface area contributed by atoms with Gasteiger partial charge in [0.15, 0.2) is 17.5 Å². The van der Waals surface area contributed by atoms with E-state index in [0.29, 0.717) is 17.5 Å². The van der Waals surface area contributed by atoms with Crippen molar-refractivity contribution in [2.24, 2.45) is 0 Å².